The molecule has 6 N–H and O–H groups in total. The Hall–Kier alpha value is -3.64. The lowest BCUT2D eigenvalue weighted by atomic mass is 10.1. The number of sulfone groups is 2. The second-order valence-electron chi connectivity index (χ2n) is 10.3. The largest absolute Gasteiger partial charge is 0.505 e. The lowest BCUT2D eigenvalue weighted by molar-refractivity contribution is -0.434. The summed E-state index contributed by atoms with van der Waals surface area (Å²) in [5, 5.41) is 66.1. The second kappa shape index (κ2) is 21.4. The van der Waals surface area contributed by atoms with Gasteiger partial charge in [0.05, 0.1) is 62.8 Å². The van der Waals surface area contributed by atoms with Gasteiger partial charge < -0.3 is 10.4 Å². The minimum Gasteiger partial charge on any atom is -0.505 e. The molecule has 4 rings (SSSR count). The normalized spacial score (nSPS) is 12.6. The molecule has 0 atom stereocenters. The maximum absolute atomic E-state index is 12.8. The zero-order valence-electron chi connectivity index (χ0n) is 28.3. The highest BCUT2D eigenvalue weighted by Crippen LogP contribution is 2.48. The summed E-state index contributed by atoms with van der Waals surface area (Å²) in [6, 6.07) is 12.1. The monoisotopic (exact) mass is 917 g/mol. The number of rotatable bonds is 23. The van der Waals surface area contributed by atoms with Crippen molar-refractivity contribution in [3.63, 3.8) is 0 Å². The highest BCUT2D eigenvalue weighted by atomic mass is 32.2. The van der Waals surface area contributed by atoms with Crippen LogP contribution in [0.25, 0.3) is 10.8 Å². The molecule has 0 fully saturated rings. The molecule has 0 bridgehead atoms. The Labute approximate surface area is 334 Å². The Kier molecular flexibility index (Phi) is 17.3. The molecule has 0 aromatic heterocycles. The van der Waals surface area contributed by atoms with Crippen molar-refractivity contribution < 1.29 is 87.2 Å². The zero-order valence-corrected chi connectivity index (χ0v) is 33.2. The van der Waals surface area contributed by atoms with Gasteiger partial charge in [0.2, 0.25) is 0 Å². The summed E-state index contributed by atoms with van der Waals surface area (Å²) in [4.78, 5) is -1.55. The van der Waals surface area contributed by atoms with Gasteiger partial charge in [-0.1, -0.05) is 15.1 Å². The number of phenols is 1. The van der Waals surface area contributed by atoms with Crippen LogP contribution in [0.4, 0.5) is 28.4 Å². The number of aromatic hydroxyl groups is 1. The molecule has 0 aliphatic rings. The Morgan fingerprint density at radius 1 is 0.667 bits per heavy atom. The highest BCUT2D eigenvalue weighted by molar-refractivity contribution is 7.94. The lowest BCUT2D eigenvalue weighted by Crippen LogP contribution is -2.12. The number of azo groups is 2. The summed E-state index contributed by atoms with van der Waals surface area (Å²) in [6.07, 6.45) is 0. The molecule has 0 amide bonds. The minimum atomic E-state index is -5.09. The molecule has 0 saturated carbocycles. The lowest BCUT2D eigenvalue weighted by Gasteiger charge is -2.13. The van der Waals surface area contributed by atoms with E-state index in [-0.39, 0.29) is 74.6 Å². The Morgan fingerprint density at radius 3 is 1.82 bits per heavy atom. The van der Waals surface area contributed by atoms with Gasteiger partial charge in [0.15, 0.2) is 50.1 Å². The minimum absolute atomic E-state index is 0.0164. The van der Waals surface area contributed by atoms with Gasteiger partial charge in [0.25, 0.3) is 10.1 Å². The van der Waals surface area contributed by atoms with Crippen LogP contribution in [0.3, 0.4) is 0 Å². The summed E-state index contributed by atoms with van der Waals surface area (Å²) in [5.74, 6) is -1.62. The van der Waals surface area contributed by atoms with E-state index in [2.05, 4.69) is 53.9 Å². The Bertz CT molecular complexity index is 2410. The molecule has 30 heteroatoms. The van der Waals surface area contributed by atoms with Gasteiger partial charge in [-0.2, -0.15) is 13.5 Å². The molecule has 0 saturated heterocycles. The quantitative estimate of drug-likeness (QED) is 0.0113. The number of hydrogen-bond donors (Lipinski definition) is 6. The summed E-state index contributed by atoms with van der Waals surface area (Å²) in [6.45, 7) is -0.780. The van der Waals surface area contributed by atoms with Crippen molar-refractivity contribution in [2.75, 3.05) is 37.1 Å². The molecule has 0 unspecified atom stereocenters. The fraction of sp³-hybridized carbons (Fsp3) is 0.185. The van der Waals surface area contributed by atoms with Crippen LogP contribution in [-0.2, 0) is 66.3 Å². The molecule has 0 aliphatic heterocycles. The number of nitrogens with zero attached hydrogens (tertiary/aromatic N) is 4. The van der Waals surface area contributed by atoms with E-state index >= 15 is 0 Å². The van der Waals surface area contributed by atoms with Gasteiger partial charge in [-0.05, 0) is 60.7 Å². The Morgan fingerprint density at radius 2 is 1.25 bits per heavy atom. The van der Waals surface area contributed by atoms with Crippen molar-refractivity contribution in [3.05, 3.63) is 60.7 Å². The molecule has 4 aromatic rings. The SMILES string of the molecule is CNc1ccc2c(O)c(N=Nc3ccc(S(=O)(=O)CCOSOOO)cc3)c(SOOO)cc2c1N=Nc1ccc(S(=O)(=O)CCOSOOO)cc1S(=O)(=O)O. The number of anilines is 1. The molecule has 57 heavy (non-hydrogen) atoms. The first-order valence-corrected chi connectivity index (χ1v) is 21.7. The van der Waals surface area contributed by atoms with Gasteiger partial charge in [0.1, 0.15) is 22.0 Å². The molecule has 4 aromatic carbocycles. The number of benzene rings is 4. The van der Waals surface area contributed by atoms with Crippen molar-refractivity contribution in [3.8, 4) is 5.75 Å². The van der Waals surface area contributed by atoms with Gasteiger partial charge >= 0.3 is 0 Å². The van der Waals surface area contributed by atoms with Crippen LogP contribution >= 0.6 is 36.7 Å². The van der Waals surface area contributed by atoms with Crippen LogP contribution in [-0.4, -0.2) is 82.5 Å². The van der Waals surface area contributed by atoms with E-state index < -0.39 is 69.1 Å². The molecule has 24 nitrogen and oxygen atoms in total. The average Bonchev–Trinajstić information content (AvgIpc) is 3.18. The molecule has 0 radical (unpaired) electrons. The van der Waals surface area contributed by atoms with Crippen molar-refractivity contribution in [2.45, 2.75) is 19.6 Å². The topological polar surface area (TPSA) is 339 Å². The third kappa shape index (κ3) is 12.7. The molecule has 0 spiro atoms. The van der Waals surface area contributed by atoms with Crippen LogP contribution in [0.2, 0.25) is 0 Å². The number of phenolic OH excluding ortho intramolecular Hbond substituents is 1. The fourth-order valence-corrected chi connectivity index (χ4v) is 8.54. The van der Waals surface area contributed by atoms with Gasteiger partial charge in [-0.3, -0.25) is 12.9 Å². The van der Waals surface area contributed by atoms with E-state index in [9.17, 15) is 34.9 Å². The van der Waals surface area contributed by atoms with Gasteiger partial charge in [-0.15, -0.1) is 28.3 Å². The zero-order chi connectivity index (χ0) is 41.6. The van der Waals surface area contributed by atoms with Crippen molar-refractivity contribution in [1.29, 1.82) is 0 Å². The summed E-state index contributed by atoms with van der Waals surface area (Å²) < 4.78 is 108. The molecule has 310 valence electrons. The fourth-order valence-electron chi connectivity index (χ4n) is 4.49. The van der Waals surface area contributed by atoms with Crippen molar-refractivity contribution in [1.82, 2.24) is 0 Å². The second-order valence-corrected chi connectivity index (χ2v) is 17.7. The van der Waals surface area contributed by atoms with Crippen LogP contribution < -0.4 is 5.32 Å². The van der Waals surface area contributed by atoms with E-state index in [1.54, 1.807) is 0 Å². The average molecular weight is 918 g/mol. The van der Waals surface area contributed by atoms with Crippen molar-refractivity contribution >= 4 is 106 Å². The number of nitrogens with one attached hydrogen (secondary N) is 1. The maximum atomic E-state index is 12.8. The van der Waals surface area contributed by atoms with E-state index in [1.165, 1.54) is 49.5 Å². The Balaban J connectivity index is 1.70. The smallest absolute Gasteiger partial charge is 0.296 e. The predicted molar refractivity (Wildman–Crippen MR) is 198 cm³/mol. The van der Waals surface area contributed by atoms with Crippen LogP contribution in [0.1, 0.15) is 0 Å². The van der Waals surface area contributed by atoms with E-state index in [4.69, 9.17) is 24.1 Å². The third-order valence-electron chi connectivity index (χ3n) is 7.00. The molecule has 0 heterocycles. The van der Waals surface area contributed by atoms with Gasteiger partial charge in [0, 0.05) is 17.8 Å². The van der Waals surface area contributed by atoms with E-state index in [0.29, 0.717) is 18.1 Å². The number of fused-ring (bicyclic) bond motifs is 1. The van der Waals surface area contributed by atoms with E-state index in [0.717, 1.165) is 12.1 Å². The molecular formula is C27H27N5O19S6. The highest BCUT2D eigenvalue weighted by Gasteiger charge is 2.24. The number of hydrogen-bond acceptors (Lipinski definition) is 26. The first-order chi connectivity index (χ1) is 27.2. The van der Waals surface area contributed by atoms with Crippen LogP contribution in [0.15, 0.2) is 101 Å². The van der Waals surface area contributed by atoms with E-state index in [1.807, 2.05) is 0 Å². The van der Waals surface area contributed by atoms with Crippen molar-refractivity contribution in [2.24, 2.45) is 20.5 Å². The third-order valence-corrected chi connectivity index (χ3v) is 12.6. The summed E-state index contributed by atoms with van der Waals surface area (Å²) in [7, 11) is -11.6. The predicted octanol–water partition coefficient (Wildman–Crippen LogP) is 6.64. The molecular weight excluding hydrogens is 891 g/mol. The standard InChI is InChI=1S/C27H27N5O19S6/c1-28-22-9-7-19-20(25(22)31-30-21-8-6-18(14-24(21)57(41,42)43)56(39,40)13-11-45-54-51-48-36)15-23(52-49-46-34)26(27(19)33)32-29-16-2-4-17(5-3-16)55(37,38)12-10-44-53-50-47-35/h2-9,14-15,28,33-36H,10-13H2,1H3,(H,41,42,43). The summed E-state index contributed by atoms with van der Waals surface area (Å²) in [5.41, 5.74) is -0.283. The summed E-state index contributed by atoms with van der Waals surface area (Å²) >= 11 is 0.737. The molecule has 0 aliphatic carbocycles. The maximum Gasteiger partial charge on any atom is 0.296 e. The van der Waals surface area contributed by atoms with Crippen LogP contribution in [0, 0.1) is 0 Å². The van der Waals surface area contributed by atoms with Gasteiger partial charge in [-0.25, -0.2) is 32.6 Å². The first-order valence-electron chi connectivity index (χ1n) is 14.9. The van der Waals surface area contributed by atoms with Crippen LogP contribution in [0.5, 0.6) is 5.75 Å². The first kappa shape index (κ1) is 46.1.